The first-order valence-electron chi connectivity index (χ1n) is 5.23. The van der Waals surface area contributed by atoms with Gasteiger partial charge in [0.15, 0.2) is 6.29 Å². The van der Waals surface area contributed by atoms with Crippen LogP contribution in [0.3, 0.4) is 0 Å². The Bertz CT molecular complexity index is 509. The molecule has 0 saturated carbocycles. The van der Waals surface area contributed by atoms with Crippen molar-refractivity contribution in [1.29, 1.82) is 0 Å². The third-order valence-corrected chi connectivity index (χ3v) is 2.46. The number of nitrogens with zero attached hydrogens (tertiary/aromatic N) is 1. The van der Waals surface area contributed by atoms with Gasteiger partial charge in [-0.25, -0.2) is 4.98 Å². The maximum absolute atomic E-state index is 10.6. The van der Waals surface area contributed by atoms with Crippen LogP contribution in [0.5, 0.6) is 0 Å². The summed E-state index contributed by atoms with van der Waals surface area (Å²) in [6.07, 6.45) is 0.719. The van der Waals surface area contributed by atoms with Gasteiger partial charge in [-0.2, -0.15) is 0 Å². The van der Waals surface area contributed by atoms with E-state index in [1.54, 1.807) is 6.07 Å². The highest BCUT2D eigenvalue weighted by Gasteiger charge is 2.04. The molecule has 0 spiro atoms. The molecule has 0 radical (unpaired) electrons. The summed E-state index contributed by atoms with van der Waals surface area (Å²) >= 11 is 5.83. The van der Waals surface area contributed by atoms with E-state index in [1.807, 2.05) is 39.0 Å². The lowest BCUT2D eigenvalue weighted by atomic mass is 10.1. The first kappa shape index (κ1) is 12.7. The molecule has 0 atom stereocenters. The minimum atomic E-state index is 0.266. The van der Waals surface area contributed by atoms with Gasteiger partial charge < -0.3 is 0 Å². The number of halogens is 1. The first-order valence-corrected chi connectivity index (χ1v) is 5.61. The van der Waals surface area contributed by atoms with Gasteiger partial charge in [0, 0.05) is 5.39 Å². The summed E-state index contributed by atoms with van der Waals surface area (Å²) < 4.78 is 0. The van der Waals surface area contributed by atoms with Gasteiger partial charge in [-0.1, -0.05) is 43.6 Å². The Kier molecular flexibility index (Phi) is 4.44. The fraction of sp³-hybridized carbons (Fsp3) is 0.231. The van der Waals surface area contributed by atoms with Crippen LogP contribution < -0.4 is 0 Å². The molecule has 1 aromatic carbocycles. The number of aromatic nitrogens is 1. The Morgan fingerprint density at radius 1 is 1.31 bits per heavy atom. The molecular weight excluding hydrogens is 222 g/mol. The van der Waals surface area contributed by atoms with Crippen LogP contribution in [0.25, 0.3) is 10.9 Å². The number of fused-ring (bicyclic) bond motifs is 1. The van der Waals surface area contributed by atoms with Crippen molar-refractivity contribution >= 4 is 28.8 Å². The Balaban J connectivity index is 0.000000606. The van der Waals surface area contributed by atoms with Crippen molar-refractivity contribution in [3.05, 3.63) is 40.5 Å². The molecular formula is C13H14ClNO. The molecule has 0 N–H and O–H groups in total. The Hall–Kier alpha value is -1.41. The second-order valence-corrected chi connectivity index (χ2v) is 3.49. The summed E-state index contributed by atoms with van der Waals surface area (Å²) in [6, 6.07) is 7.57. The van der Waals surface area contributed by atoms with Gasteiger partial charge in [0.25, 0.3) is 0 Å². The zero-order valence-electron chi connectivity index (χ0n) is 9.62. The highest BCUT2D eigenvalue weighted by Crippen LogP contribution is 2.21. The number of aryl methyl sites for hydroxylation is 1. The van der Waals surface area contributed by atoms with E-state index in [4.69, 9.17) is 11.6 Å². The minimum Gasteiger partial charge on any atom is -0.298 e. The molecule has 1 aromatic heterocycles. The molecule has 2 aromatic rings. The third-order valence-electron chi connectivity index (χ3n) is 2.16. The van der Waals surface area contributed by atoms with Crippen LogP contribution in [0.15, 0.2) is 24.3 Å². The number of para-hydroxylation sites is 1. The molecule has 0 aliphatic heterocycles. The van der Waals surface area contributed by atoms with Crippen molar-refractivity contribution in [2.24, 2.45) is 0 Å². The SMILES string of the molecule is CC.Cc1cccc2cc(C=O)c(Cl)nc12. The Labute approximate surface area is 100 Å². The van der Waals surface area contributed by atoms with Crippen molar-refractivity contribution in [2.45, 2.75) is 20.8 Å². The van der Waals surface area contributed by atoms with Crippen LogP contribution >= 0.6 is 11.6 Å². The molecule has 84 valence electrons. The number of hydrogen-bond donors (Lipinski definition) is 0. The molecule has 0 amide bonds. The van der Waals surface area contributed by atoms with Gasteiger partial charge in [-0.05, 0) is 18.6 Å². The number of carbonyl (C=O) groups is 1. The van der Waals surface area contributed by atoms with Gasteiger partial charge >= 0.3 is 0 Å². The van der Waals surface area contributed by atoms with E-state index in [0.717, 1.165) is 22.8 Å². The Morgan fingerprint density at radius 2 is 2.00 bits per heavy atom. The van der Waals surface area contributed by atoms with Gasteiger partial charge in [0.1, 0.15) is 5.15 Å². The smallest absolute Gasteiger partial charge is 0.153 e. The topological polar surface area (TPSA) is 30.0 Å². The number of carbonyl (C=O) groups excluding carboxylic acids is 1. The minimum absolute atomic E-state index is 0.266. The predicted molar refractivity (Wildman–Crippen MR) is 68.2 cm³/mol. The average molecular weight is 236 g/mol. The summed E-state index contributed by atoms with van der Waals surface area (Å²) in [6.45, 7) is 5.96. The summed E-state index contributed by atoms with van der Waals surface area (Å²) in [5, 5.41) is 1.21. The molecule has 0 bridgehead atoms. The molecule has 0 aliphatic rings. The van der Waals surface area contributed by atoms with Gasteiger partial charge in [-0.15, -0.1) is 0 Å². The highest BCUT2D eigenvalue weighted by molar-refractivity contribution is 6.32. The lowest BCUT2D eigenvalue weighted by Crippen LogP contribution is -1.89. The van der Waals surface area contributed by atoms with Crippen molar-refractivity contribution < 1.29 is 4.79 Å². The van der Waals surface area contributed by atoms with E-state index in [2.05, 4.69) is 4.98 Å². The lowest BCUT2D eigenvalue weighted by molar-refractivity contribution is 0.112. The molecule has 2 rings (SSSR count). The van der Waals surface area contributed by atoms with Gasteiger partial charge in [0.05, 0.1) is 11.1 Å². The third kappa shape index (κ3) is 2.39. The number of pyridine rings is 1. The predicted octanol–water partition coefficient (Wildman–Crippen LogP) is 4.04. The van der Waals surface area contributed by atoms with E-state index in [1.165, 1.54) is 0 Å². The second-order valence-electron chi connectivity index (χ2n) is 3.13. The van der Waals surface area contributed by atoms with E-state index in [0.29, 0.717) is 5.56 Å². The van der Waals surface area contributed by atoms with Crippen LogP contribution in [0.4, 0.5) is 0 Å². The van der Waals surface area contributed by atoms with E-state index in [9.17, 15) is 4.79 Å². The molecule has 0 aliphatic carbocycles. The quantitative estimate of drug-likeness (QED) is 0.552. The molecule has 0 fully saturated rings. The Morgan fingerprint density at radius 3 is 2.62 bits per heavy atom. The van der Waals surface area contributed by atoms with Crippen LogP contribution in [0, 0.1) is 6.92 Å². The standard InChI is InChI=1S/C11H8ClNO.C2H6/c1-7-3-2-4-8-5-9(6-14)11(12)13-10(7)8;1-2/h2-6H,1H3;1-2H3. The molecule has 2 nitrogen and oxygen atoms in total. The van der Waals surface area contributed by atoms with Crippen LogP contribution in [0.2, 0.25) is 5.15 Å². The second kappa shape index (κ2) is 5.61. The van der Waals surface area contributed by atoms with E-state index in [-0.39, 0.29) is 5.15 Å². The van der Waals surface area contributed by atoms with Crippen molar-refractivity contribution in [3.8, 4) is 0 Å². The summed E-state index contributed by atoms with van der Waals surface area (Å²) in [5.74, 6) is 0. The highest BCUT2D eigenvalue weighted by atomic mass is 35.5. The maximum Gasteiger partial charge on any atom is 0.153 e. The van der Waals surface area contributed by atoms with Crippen LogP contribution in [-0.4, -0.2) is 11.3 Å². The van der Waals surface area contributed by atoms with E-state index < -0.39 is 0 Å². The van der Waals surface area contributed by atoms with Crippen LogP contribution in [-0.2, 0) is 0 Å². The summed E-state index contributed by atoms with van der Waals surface area (Å²) in [5.41, 5.74) is 2.34. The van der Waals surface area contributed by atoms with Crippen molar-refractivity contribution in [3.63, 3.8) is 0 Å². The molecule has 0 saturated heterocycles. The summed E-state index contributed by atoms with van der Waals surface area (Å²) in [7, 11) is 0. The zero-order chi connectivity index (χ0) is 12.1. The largest absolute Gasteiger partial charge is 0.298 e. The van der Waals surface area contributed by atoms with Gasteiger partial charge in [-0.3, -0.25) is 4.79 Å². The zero-order valence-corrected chi connectivity index (χ0v) is 10.4. The van der Waals surface area contributed by atoms with Crippen molar-refractivity contribution in [1.82, 2.24) is 4.98 Å². The molecule has 3 heteroatoms. The lowest BCUT2D eigenvalue weighted by Gasteiger charge is -2.02. The van der Waals surface area contributed by atoms with E-state index >= 15 is 0 Å². The fourth-order valence-electron chi connectivity index (χ4n) is 1.42. The number of hydrogen-bond acceptors (Lipinski definition) is 2. The van der Waals surface area contributed by atoms with Crippen LogP contribution in [0.1, 0.15) is 29.8 Å². The fourth-order valence-corrected chi connectivity index (χ4v) is 1.61. The van der Waals surface area contributed by atoms with Crippen molar-refractivity contribution in [2.75, 3.05) is 0 Å². The normalized spacial score (nSPS) is 9.50. The summed E-state index contributed by atoms with van der Waals surface area (Å²) in [4.78, 5) is 14.8. The monoisotopic (exact) mass is 235 g/mol. The number of rotatable bonds is 1. The molecule has 1 heterocycles. The maximum atomic E-state index is 10.6. The number of benzene rings is 1. The number of aldehydes is 1. The van der Waals surface area contributed by atoms with Gasteiger partial charge in [0.2, 0.25) is 0 Å². The molecule has 16 heavy (non-hydrogen) atoms. The average Bonchev–Trinajstić information content (AvgIpc) is 2.32. The first-order chi connectivity index (χ1) is 7.72. The molecule has 0 unspecified atom stereocenters.